The molecule has 0 amide bonds. The summed E-state index contributed by atoms with van der Waals surface area (Å²) in [5, 5.41) is 13.6. The Morgan fingerprint density at radius 3 is 2.71 bits per heavy atom. The minimum absolute atomic E-state index is 0.0644. The van der Waals surface area contributed by atoms with Gasteiger partial charge in [-0.3, -0.25) is 9.20 Å². The Morgan fingerprint density at radius 1 is 1.14 bits per heavy atom. The van der Waals surface area contributed by atoms with Crippen LogP contribution in [0.15, 0.2) is 52.0 Å². The standard InChI is InChI=1S/C24H16F2N6O3/c25-14-5-3-13(4-6-14)23-29-22(30-35-23)19-21-24(33)31(11-15-2-1-9-34-15)20-16(10-27)17(26)7-8-18(20)32(21)12-28-19/h3-8,12,15H,1-2,9,11H2. The molecule has 0 aliphatic carbocycles. The molecule has 9 nitrogen and oxygen atoms in total. The van der Waals surface area contributed by atoms with Gasteiger partial charge in [-0.15, -0.1) is 0 Å². The molecule has 1 atom stereocenters. The average Bonchev–Trinajstić information content (AvgIpc) is 3.63. The maximum atomic E-state index is 14.6. The maximum Gasteiger partial charge on any atom is 0.277 e. The van der Waals surface area contributed by atoms with Crippen LogP contribution in [0.3, 0.4) is 0 Å². The van der Waals surface area contributed by atoms with Gasteiger partial charge in [-0.05, 0) is 49.2 Å². The van der Waals surface area contributed by atoms with Gasteiger partial charge in [0.25, 0.3) is 11.4 Å². The minimum atomic E-state index is -0.720. The Bertz CT molecular complexity index is 1690. The van der Waals surface area contributed by atoms with Gasteiger partial charge in [0, 0.05) is 12.2 Å². The molecule has 0 spiro atoms. The predicted molar refractivity (Wildman–Crippen MR) is 119 cm³/mol. The summed E-state index contributed by atoms with van der Waals surface area (Å²) in [5.41, 5.74) is 0.698. The first-order valence-corrected chi connectivity index (χ1v) is 10.9. The molecular weight excluding hydrogens is 458 g/mol. The highest BCUT2D eigenvalue weighted by molar-refractivity contribution is 5.87. The van der Waals surface area contributed by atoms with Crippen molar-refractivity contribution in [2.45, 2.75) is 25.5 Å². The van der Waals surface area contributed by atoms with Crippen LogP contribution in [-0.4, -0.2) is 36.8 Å². The van der Waals surface area contributed by atoms with Crippen LogP contribution in [0.25, 0.3) is 39.5 Å². The summed E-state index contributed by atoms with van der Waals surface area (Å²) < 4.78 is 41.7. The quantitative estimate of drug-likeness (QED) is 0.391. The molecule has 4 heterocycles. The van der Waals surface area contributed by atoms with Gasteiger partial charge in [0.1, 0.15) is 40.8 Å². The third-order valence-electron chi connectivity index (χ3n) is 6.10. The van der Waals surface area contributed by atoms with Gasteiger partial charge in [-0.1, -0.05) is 5.16 Å². The summed E-state index contributed by atoms with van der Waals surface area (Å²) in [6.45, 7) is 0.730. The normalized spacial score (nSPS) is 15.7. The number of hydrogen-bond acceptors (Lipinski definition) is 7. The second-order valence-electron chi connectivity index (χ2n) is 8.19. The van der Waals surface area contributed by atoms with E-state index < -0.39 is 17.2 Å². The fourth-order valence-electron chi connectivity index (χ4n) is 4.45. The van der Waals surface area contributed by atoms with Crippen molar-refractivity contribution in [3.63, 3.8) is 0 Å². The largest absolute Gasteiger partial charge is 0.376 e. The van der Waals surface area contributed by atoms with Crippen LogP contribution in [-0.2, 0) is 11.3 Å². The fourth-order valence-corrected chi connectivity index (χ4v) is 4.45. The third-order valence-corrected chi connectivity index (χ3v) is 6.10. The Kier molecular flexibility index (Phi) is 4.89. The van der Waals surface area contributed by atoms with Crippen molar-refractivity contribution < 1.29 is 18.0 Å². The summed E-state index contributed by atoms with van der Waals surface area (Å²) in [6, 6.07) is 10.1. The zero-order chi connectivity index (χ0) is 24.1. The molecule has 35 heavy (non-hydrogen) atoms. The molecule has 1 saturated heterocycles. The third kappa shape index (κ3) is 3.38. The Hall–Kier alpha value is -4.43. The molecule has 6 rings (SSSR count). The van der Waals surface area contributed by atoms with Gasteiger partial charge in [0.05, 0.1) is 23.7 Å². The average molecular weight is 474 g/mol. The van der Waals surface area contributed by atoms with Gasteiger partial charge in [0.2, 0.25) is 5.82 Å². The van der Waals surface area contributed by atoms with E-state index in [2.05, 4.69) is 15.1 Å². The zero-order valence-electron chi connectivity index (χ0n) is 18.1. The number of benzene rings is 2. The van der Waals surface area contributed by atoms with Gasteiger partial charge in [0.15, 0.2) is 0 Å². The van der Waals surface area contributed by atoms with Crippen molar-refractivity contribution in [3.8, 4) is 29.0 Å². The Labute approximate surface area is 195 Å². The highest BCUT2D eigenvalue weighted by Gasteiger charge is 2.26. The van der Waals surface area contributed by atoms with Gasteiger partial charge < -0.3 is 13.8 Å². The lowest BCUT2D eigenvalue weighted by molar-refractivity contribution is 0.0972. The fraction of sp³-hybridized carbons (Fsp3) is 0.208. The monoisotopic (exact) mass is 474 g/mol. The number of imidazole rings is 1. The smallest absolute Gasteiger partial charge is 0.277 e. The summed E-state index contributed by atoms with van der Waals surface area (Å²) in [4.78, 5) is 22.5. The van der Waals surface area contributed by atoms with Gasteiger partial charge in [-0.2, -0.15) is 10.2 Å². The molecule has 0 N–H and O–H groups in total. The summed E-state index contributed by atoms with van der Waals surface area (Å²) in [5.74, 6) is -0.923. The molecule has 1 aliphatic heterocycles. The molecule has 1 unspecified atom stereocenters. The van der Waals surface area contributed by atoms with Crippen LogP contribution in [0.4, 0.5) is 8.78 Å². The number of hydrogen-bond donors (Lipinski definition) is 0. The van der Waals surface area contributed by atoms with Crippen LogP contribution >= 0.6 is 0 Å². The lowest BCUT2D eigenvalue weighted by Crippen LogP contribution is -2.29. The van der Waals surface area contributed by atoms with Crippen molar-refractivity contribution in [1.29, 1.82) is 5.26 Å². The molecular formula is C24H16F2N6O3. The number of nitriles is 1. The van der Waals surface area contributed by atoms with Crippen molar-refractivity contribution in [1.82, 2.24) is 24.1 Å². The van der Waals surface area contributed by atoms with E-state index in [0.29, 0.717) is 17.7 Å². The predicted octanol–water partition coefficient (Wildman–Crippen LogP) is 3.70. The number of halogens is 2. The number of nitrogens with zero attached hydrogens (tertiary/aromatic N) is 6. The number of aromatic nitrogens is 5. The van der Waals surface area contributed by atoms with Crippen LogP contribution in [0.1, 0.15) is 18.4 Å². The van der Waals surface area contributed by atoms with Gasteiger partial charge in [-0.25, -0.2) is 13.8 Å². The van der Waals surface area contributed by atoms with Crippen LogP contribution in [0.2, 0.25) is 0 Å². The summed E-state index contributed by atoms with van der Waals surface area (Å²) in [6.07, 6.45) is 2.76. The minimum Gasteiger partial charge on any atom is -0.376 e. The lowest BCUT2D eigenvalue weighted by atomic mass is 10.1. The van der Waals surface area contributed by atoms with E-state index in [9.17, 15) is 18.8 Å². The highest BCUT2D eigenvalue weighted by Crippen LogP contribution is 2.28. The molecule has 1 fully saturated rings. The molecule has 5 aromatic rings. The number of rotatable bonds is 4. The summed E-state index contributed by atoms with van der Waals surface area (Å²) >= 11 is 0. The van der Waals surface area contributed by atoms with E-state index in [-0.39, 0.29) is 46.7 Å². The Balaban J connectivity index is 1.58. The molecule has 0 saturated carbocycles. The topological polar surface area (TPSA) is 111 Å². The number of fused-ring (bicyclic) bond motifs is 3. The Morgan fingerprint density at radius 2 is 1.97 bits per heavy atom. The number of ether oxygens (including phenoxy) is 1. The molecule has 0 radical (unpaired) electrons. The van der Waals surface area contributed by atoms with Crippen LogP contribution < -0.4 is 5.56 Å². The molecule has 1 aliphatic rings. The van der Waals surface area contributed by atoms with E-state index in [0.717, 1.165) is 12.8 Å². The van der Waals surface area contributed by atoms with Crippen molar-refractivity contribution >= 4 is 16.6 Å². The maximum absolute atomic E-state index is 14.6. The first kappa shape index (κ1) is 21.1. The van der Waals surface area contributed by atoms with Crippen molar-refractivity contribution in [2.24, 2.45) is 0 Å². The highest BCUT2D eigenvalue weighted by atomic mass is 19.1. The van der Waals surface area contributed by atoms with Crippen LogP contribution in [0, 0.1) is 23.0 Å². The SMILES string of the molecule is N#Cc1c(F)ccc2c1n(CC1CCCO1)c(=O)c1c(-c3noc(-c4ccc(F)cc4)n3)ncn12. The van der Waals surface area contributed by atoms with E-state index in [1.807, 2.05) is 6.07 Å². The van der Waals surface area contributed by atoms with Gasteiger partial charge >= 0.3 is 0 Å². The first-order valence-electron chi connectivity index (χ1n) is 10.9. The molecule has 2 aromatic carbocycles. The van der Waals surface area contributed by atoms with E-state index in [1.54, 1.807) is 0 Å². The van der Waals surface area contributed by atoms with E-state index in [1.165, 1.54) is 51.7 Å². The zero-order valence-corrected chi connectivity index (χ0v) is 18.1. The second kappa shape index (κ2) is 8.11. The van der Waals surface area contributed by atoms with Crippen molar-refractivity contribution in [3.05, 3.63) is 70.3 Å². The second-order valence-corrected chi connectivity index (χ2v) is 8.19. The molecule has 3 aromatic heterocycles. The molecule has 0 bridgehead atoms. The van der Waals surface area contributed by atoms with Crippen molar-refractivity contribution in [2.75, 3.05) is 6.61 Å². The molecule has 174 valence electrons. The van der Waals surface area contributed by atoms with E-state index in [4.69, 9.17) is 9.26 Å². The summed E-state index contributed by atoms with van der Waals surface area (Å²) in [7, 11) is 0. The van der Waals surface area contributed by atoms with Crippen LogP contribution in [0.5, 0.6) is 0 Å². The lowest BCUT2D eigenvalue weighted by Gasteiger charge is -2.17. The molecule has 11 heteroatoms. The van der Waals surface area contributed by atoms with E-state index >= 15 is 0 Å². The first-order chi connectivity index (χ1) is 17.0.